The van der Waals surface area contributed by atoms with E-state index in [1.54, 1.807) is 5.56 Å². The Morgan fingerprint density at radius 2 is 1.75 bits per heavy atom. The van der Waals surface area contributed by atoms with E-state index in [2.05, 4.69) is 32.0 Å². The SMILES string of the molecule is Cc1ccc2nc(C)c3c(c2c1)CCCC3. The molecule has 1 nitrogen and oxygen atoms in total. The molecule has 0 amide bonds. The fraction of sp³-hybridized carbons (Fsp3) is 0.400. The summed E-state index contributed by atoms with van der Waals surface area (Å²) in [6.07, 6.45) is 5.11. The van der Waals surface area contributed by atoms with Gasteiger partial charge in [-0.1, -0.05) is 11.6 Å². The number of benzene rings is 1. The van der Waals surface area contributed by atoms with Gasteiger partial charge in [0.1, 0.15) is 0 Å². The highest BCUT2D eigenvalue weighted by Crippen LogP contribution is 2.30. The third-order valence-corrected chi connectivity index (χ3v) is 3.67. The van der Waals surface area contributed by atoms with Crippen molar-refractivity contribution in [3.05, 3.63) is 40.6 Å². The number of pyridine rings is 1. The molecule has 0 saturated carbocycles. The zero-order valence-corrected chi connectivity index (χ0v) is 10.0. The second kappa shape index (κ2) is 3.58. The molecule has 0 aliphatic heterocycles. The van der Waals surface area contributed by atoms with Crippen molar-refractivity contribution < 1.29 is 0 Å². The second-order valence-corrected chi connectivity index (χ2v) is 4.88. The number of hydrogen-bond donors (Lipinski definition) is 0. The quantitative estimate of drug-likeness (QED) is 0.647. The standard InChI is InChI=1S/C15H17N/c1-10-7-8-15-14(9-10)13-6-4-3-5-12(13)11(2)16-15/h7-9H,3-6H2,1-2H3. The Bertz CT molecular complexity index is 555. The van der Waals surface area contributed by atoms with Gasteiger partial charge in [0.05, 0.1) is 5.52 Å². The van der Waals surface area contributed by atoms with Crippen molar-refractivity contribution in [2.75, 3.05) is 0 Å². The minimum absolute atomic E-state index is 1.17. The van der Waals surface area contributed by atoms with Crippen LogP contribution in [0.1, 0.15) is 35.2 Å². The van der Waals surface area contributed by atoms with Crippen LogP contribution in [0.15, 0.2) is 18.2 Å². The minimum atomic E-state index is 1.17. The molecule has 0 fully saturated rings. The highest BCUT2D eigenvalue weighted by molar-refractivity contribution is 5.84. The van der Waals surface area contributed by atoms with Crippen molar-refractivity contribution in [2.45, 2.75) is 39.5 Å². The van der Waals surface area contributed by atoms with Gasteiger partial charge < -0.3 is 0 Å². The van der Waals surface area contributed by atoms with Crippen molar-refractivity contribution >= 4 is 10.9 Å². The Morgan fingerprint density at radius 3 is 2.56 bits per heavy atom. The van der Waals surface area contributed by atoms with Gasteiger partial charge >= 0.3 is 0 Å². The van der Waals surface area contributed by atoms with Crippen LogP contribution in [-0.4, -0.2) is 4.98 Å². The zero-order valence-electron chi connectivity index (χ0n) is 10.0. The number of fused-ring (bicyclic) bond motifs is 3. The Morgan fingerprint density at radius 1 is 1.00 bits per heavy atom. The summed E-state index contributed by atoms with van der Waals surface area (Å²) in [5.41, 5.74) is 6.84. The van der Waals surface area contributed by atoms with Crippen LogP contribution in [-0.2, 0) is 12.8 Å². The van der Waals surface area contributed by atoms with Crippen LogP contribution in [0.3, 0.4) is 0 Å². The van der Waals surface area contributed by atoms with Crippen LogP contribution in [0.2, 0.25) is 0 Å². The number of nitrogens with zero attached hydrogens (tertiary/aromatic N) is 1. The van der Waals surface area contributed by atoms with Crippen LogP contribution < -0.4 is 0 Å². The molecule has 2 aromatic rings. The molecule has 82 valence electrons. The van der Waals surface area contributed by atoms with E-state index in [1.807, 2.05) is 0 Å². The maximum Gasteiger partial charge on any atom is 0.0708 e. The molecule has 1 heterocycles. The maximum atomic E-state index is 4.73. The lowest BCUT2D eigenvalue weighted by Gasteiger charge is -2.19. The van der Waals surface area contributed by atoms with E-state index >= 15 is 0 Å². The van der Waals surface area contributed by atoms with Gasteiger partial charge in [-0.2, -0.15) is 0 Å². The third-order valence-electron chi connectivity index (χ3n) is 3.67. The molecule has 1 aromatic heterocycles. The Kier molecular flexibility index (Phi) is 2.20. The fourth-order valence-corrected chi connectivity index (χ4v) is 2.84. The van der Waals surface area contributed by atoms with Crippen LogP contribution in [0.25, 0.3) is 10.9 Å². The number of rotatable bonds is 0. The lowest BCUT2D eigenvalue weighted by atomic mass is 9.88. The smallest absolute Gasteiger partial charge is 0.0708 e. The van der Waals surface area contributed by atoms with Crippen molar-refractivity contribution in [1.29, 1.82) is 0 Å². The number of hydrogen-bond acceptors (Lipinski definition) is 1. The lowest BCUT2D eigenvalue weighted by Crippen LogP contribution is -2.07. The van der Waals surface area contributed by atoms with Gasteiger partial charge in [0, 0.05) is 11.1 Å². The minimum Gasteiger partial charge on any atom is -0.253 e. The Labute approximate surface area is 96.5 Å². The largest absolute Gasteiger partial charge is 0.253 e. The first-order valence-electron chi connectivity index (χ1n) is 6.14. The first kappa shape index (κ1) is 9.83. The molecular weight excluding hydrogens is 194 g/mol. The van der Waals surface area contributed by atoms with E-state index in [9.17, 15) is 0 Å². The normalized spacial score (nSPS) is 15.1. The summed E-state index contributed by atoms with van der Waals surface area (Å²) in [5.74, 6) is 0. The molecule has 0 radical (unpaired) electrons. The van der Waals surface area contributed by atoms with E-state index in [0.29, 0.717) is 0 Å². The van der Waals surface area contributed by atoms with Gasteiger partial charge in [-0.3, -0.25) is 4.98 Å². The van der Waals surface area contributed by atoms with Crippen LogP contribution in [0.4, 0.5) is 0 Å². The number of aryl methyl sites for hydroxylation is 3. The summed E-state index contributed by atoms with van der Waals surface area (Å²) >= 11 is 0. The summed E-state index contributed by atoms with van der Waals surface area (Å²) < 4.78 is 0. The molecule has 1 aliphatic rings. The van der Waals surface area contributed by atoms with Crippen LogP contribution in [0, 0.1) is 13.8 Å². The molecule has 1 aliphatic carbocycles. The molecule has 0 N–H and O–H groups in total. The van der Waals surface area contributed by atoms with E-state index in [-0.39, 0.29) is 0 Å². The number of aromatic nitrogens is 1. The summed E-state index contributed by atoms with van der Waals surface area (Å²) in [6.45, 7) is 4.32. The molecule has 3 rings (SSSR count). The predicted molar refractivity (Wildman–Crippen MR) is 67.9 cm³/mol. The fourth-order valence-electron chi connectivity index (χ4n) is 2.84. The molecular formula is C15H17N. The third kappa shape index (κ3) is 1.42. The van der Waals surface area contributed by atoms with E-state index in [4.69, 9.17) is 4.98 Å². The molecule has 1 aromatic carbocycles. The maximum absolute atomic E-state index is 4.73. The zero-order chi connectivity index (χ0) is 11.1. The van der Waals surface area contributed by atoms with E-state index in [1.165, 1.54) is 53.4 Å². The Balaban J connectivity index is 2.38. The monoisotopic (exact) mass is 211 g/mol. The van der Waals surface area contributed by atoms with E-state index < -0.39 is 0 Å². The van der Waals surface area contributed by atoms with Gasteiger partial charge in [-0.25, -0.2) is 0 Å². The first-order chi connectivity index (χ1) is 7.75. The average molecular weight is 211 g/mol. The first-order valence-corrected chi connectivity index (χ1v) is 6.14. The average Bonchev–Trinajstić information content (AvgIpc) is 2.31. The molecule has 0 spiro atoms. The van der Waals surface area contributed by atoms with Crippen LogP contribution in [0.5, 0.6) is 0 Å². The van der Waals surface area contributed by atoms with E-state index in [0.717, 1.165) is 0 Å². The predicted octanol–water partition coefficient (Wildman–Crippen LogP) is 3.73. The lowest BCUT2D eigenvalue weighted by molar-refractivity contribution is 0.683. The van der Waals surface area contributed by atoms with Gasteiger partial charge in [0.15, 0.2) is 0 Å². The van der Waals surface area contributed by atoms with Crippen molar-refractivity contribution in [3.63, 3.8) is 0 Å². The van der Waals surface area contributed by atoms with Crippen molar-refractivity contribution in [1.82, 2.24) is 4.98 Å². The molecule has 0 saturated heterocycles. The van der Waals surface area contributed by atoms with Gasteiger partial charge in [-0.05, 0) is 62.8 Å². The second-order valence-electron chi connectivity index (χ2n) is 4.88. The highest BCUT2D eigenvalue weighted by Gasteiger charge is 2.15. The topological polar surface area (TPSA) is 12.9 Å². The van der Waals surface area contributed by atoms with Crippen molar-refractivity contribution in [3.8, 4) is 0 Å². The summed E-state index contributed by atoms with van der Waals surface area (Å²) in [5, 5.41) is 1.39. The molecule has 1 heteroatoms. The Hall–Kier alpha value is -1.37. The highest BCUT2D eigenvalue weighted by atomic mass is 14.7. The summed E-state index contributed by atoms with van der Waals surface area (Å²) in [7, 11) is 0. The molecule has 0 bridgehead atoms. The molecule has 0 atom stereocenters. The van der Waals surface area contributed by atoms with Crippen molar-refractivity contribution in [2.24, 2.45) is 0 Å². The molecule has 0 unspecified atom stereocenters. The molecule has 16 heavy (non-hydrogen) atoms. The summed E-state index contributed by atoms with van der Waals surface area (Å²) in [4.78, 5) is 4.73. The van der Waals surface area contributed by atoms with Gasteiger partial charge in [-0.15, -0.1) is 0 Å². The van der Waals surface area contributed by atoms with Gasteiger partial charge in [0.25, 0.3) is 0 Å². The van der Waals surface area contributed by atoms with Crippen LogP contribution >= 0.6 is 0 Å². The summed E-state index contributed by atoms with van der Waals surface area (Å²) in [6, 6.07) is 6.61. The van der Waals surface area contributed by atoms with Gasteiger partial charge in [0.2, 0.25) is 0 Å².